The smallest absolute Gasteiger partial charge is 0.322 e. The highest BCUT2D eigenvalue weighted by Crippen LogP contribution is 2.10. The third-order valence-corrected chi connectivity index (χ3v) is 2.73. The number of rotatable bonds is 9. The molecule has 22 heavy (non-hydrogen) atoms. The van der Waals surface area contributed by atoms with Crippen LogP contribution in [0.1, 0.15) is 30.1 Å². The Morgan fingerprint density at radius 2 is 1.86 bits per heavy atom. The maximum atomic E-state index is 11.7. The van der Waals surface area contributed by atoms with Gasteiger partial charge in [-0.25, -0.2) is 0 Å². The molecule has 0 saturated heterocycles. The molecule has 3 N–H and O–H groups in total. The third kappa shape index (κ3) is 6.85. The molecule has 0 spiro atoms. The van der Waals surface area contributed by atoms with E-state index >= 15 is 0 Å². The van der Waals surface area contributed by atoms with Crippen LogP contribution in [-0.2, 0) is 14.3 Å². The molecular weight excluding hydrogens is 288 g/mol. The van der Waals surface area contributed by atoms with E-state index in [0.717, 1.165) is 0 Å². The molecule has 0 aliphatic rings. The van der Waals surface area contributed by atoms with Gasteiger partial charge < -0.3 is 20.5 Å². The number of carbonyl (C=O) groups excluding carboxylic acids is 2. The topological polar surface area (TPSA) is 105 Å². The van der Waals surface area contributed by atoms with Crippen LogP contribution in [0, 0.1) is 0 Å². The molecule has 0 saturated carbocycles. The van der Waals surface area contributed by atoms with Gasteiger partial charge in [0.1, 0.15) is 6.54 Å². The summed E-state index contributed by atoms with van der Waals surface area (Å²) in [4.78, 5) is 33.6. The van der Waals surface area contributed by atoms with Crippen molar-refractivity contribution < 1.29 is 24.2 Å². The second-order valence-corrected chi connectivity index (χ2v) is 4.50. The van der Waals surface area contributed by atoms with E-state index in [0.29, 0.717) is 37.3 Å². The van der Waals surface area contributed by atoms with Gasteiger partial charge in [0.15, 0.2) is 0 Å². The number of aliphatic carboxylic acids is 1. The van der Waals surface area contributed by atoms with E-state index in [1.807, 2.05) is 6.92 Å². The molecule has 1 rings (SSSR count). The third-order valence-electron chi connectivity index (χ3n) is 2.73. The first-order valence-corrected chi connectivity index (χ1v) is 7.00. The van der Waals surface area contributed by atoms with Crippen LogP contribution >= 0.6 is 0 Å². The van der Waals surface area contributed by atoms with Crippen LogP contribution < -0.4 is 10.6 Å². The Balaban J connectivity index is 2.42. The molecule has 0 fully saturated rings. The highest BCUT2D eigenvalue weighted by Gasteiger charge is 2.08. The lowest BCUT2D eigenvalue weighted by Gasteiger charge is -2.07. The van der Waals surface area contributed by atoms with Gasteiger partial charge in [-0.3, -0.25) is 14.4 Å². The fourth-order valence-corrected chi connectivity index (χ4v) is 1.67. The van der Waals surface area contributed by atoms with Crippen LogP contribution in [0.15, 0.2) is 24.3 Å². The van der Waals surface area contributed by atoms with Gasteiger partial charge in [0.05, 0.1) is 0 Å². The van der Waals surface area contributed by atoms with E-state index in [9.17, 15) is 14.4 Å². The van der Waals surface area contributed by atoms with Gasteiger partial charge in [-0.15, -0.1) is 0 Å². The van der Waals surface area contributed by atoms with Gasteiger partial charge >= 0.3 is 5.97 Å². The zero-order chi connectivity index (χ0) is 16.4. The van der Waals surface area contributed by atoms with Gasteiger partial charge in [0.25, 0.3) is 5.91 Å². The van der Waals surface area contributed by atoms with E-state index in [1.165, 1.54) is 12.1 Å². The normalized spacial score (nSPS) is 10.0. The number of carboxylic acids is 1. The van der Waals surface area contributed by atoms with Crippen LogP contribution in [0.3, 0.4) is 0 Å². The van der Waals surface area contributed by atoms with Crippen molar-refractivity contribution in [3.05, 3.63) is 29.8 Å². The summed E-state index contributed by atoms with van der Waals surface area (Å²) < 4.78 is 5.15. The lowest BCUT2D eigenvalue weighted by atomic mass is 10.2. The predicted molar refractivity (Wildman–Crippen MR) is 80.8 cm³/mol. The summed E-state index contributed by atoms with van der Waals surface area (Å²) in [6.07, 6.45) is 1.01. The maximum Gasteiger partial charge on any atom is 0.322 e. The molecular formula is C15H20N2O5. The number of amides is 2. The summed E-state index contributed by atoms with van der Waals surface area (Å²) in [6.45, 7) is 2.64. The Morgan fingerprint density at radius 1 is 1.18 bits per heavy atom. The molecule has 0 heterocycles. The van der Waals surface area contributed by atoms with E-state index < -0.39 is 18.4 Å². The first-order valence-electron chi connectivity index (χ1n) is 7.00. The quantitative estimate of drug-likeness (QED) is 0.596. The first kappa shape index (κ1) is 17.6. The molecule has 1 aromatic carbocycles. The standard InChI is InChI=1S/C15H20N2O5/c1-2-22-9-3-4-13(18)17-12-7-5-11(6-8-12)15(21)16-10-14(19)20/h5-8H,2-4,9-10H2,1H3,(H,16,21)(H,17,18)(H,19,20). The fraction of sp³-hybridized carbons (Fsp3) is 0.400. The summed E-state index contributed by atoms with van der Waals surface area (Å²) in [7, 11) is 0. The largest absolute Gasteiger partial charge is 0.480 e. The number of benzene rings is 1. The highest BCUT2D eigenvalue weighted by molar-refractivity contribution is 5.97. The van der Waals surface area contributed by atoms with Gasteiger partial charge in [0, 0.05) is 30.9 Å². The first-order chi connectivity index (χ1) is 10.5. The summed E-state index contributed by atoms with van der Waals surface area (Å²) in [6, 6.07) is 6.23. The van der Waals surface area contributed by atoms with Crippen molar-refractivity contribution in [2.24, 2.45) is 0 Å². The minimum absolute atomic E-state index is 0.122. The zero-order valence-corrected chi connectivity index (χ0v) is 12.4. The summed E-state index contributed by atoms with van der Waals surface area (Å²) in [5.74, 6) is -1.70. The Kier molecular flexibility index (Phi) is 7.63. The van der Waals surface area contributed by atoms with E-state index in [1.54, 1.807) is 12.1 Å². The van der Waals surface area contributed by atoms with Gasteiger partial charge in [0.2, 0.25) is 5.91 Å². The van der Waals surface area contributed by atoms with E-state index in [-0.39, 0.29) is 5.91 Å². The van der Waals surface area contributed by atoms with Crippen molar-refractivity contribution >= 4 is 23.5 Å². The summed E-state index contributed by atoms with van der Waals surface area (Å²) in [5, 5.41) is 13.5. The van der Waals surface area contributed by atoms with Gasteiger partial charge in [-0.2, -0.15) is 0 Å². The van der Waals surface area contributed by atoms with Crippen LogP contribution in [-0.4, -0.2) is 42.6 Å². The van der Waals surface area contributed by atoms with Crippen LogP contribution in [0.5, 0.6) is 0 Å². The number of anilines is 1. The Morgan fingerprint density at radius 3 is 2.45 bits per heavy atom. The minimum atomic E-state index is -1.11. The van der Waals surface area contributed by atoms with Crippen LogP contribution in [0.25, 0.3) is 0 Å². The van der Waals surface area contributed by atoms with Crippen molar-refractivity contribution in [2.75, 3.05) is 25.1 Å². The second-order valence-electron chi connectivity index (χ2n) is 4.50. The molecule has 0 radical (unpaired) electrons. The van der Waals surface area contributed by atoms with Crippen molar-refractivity contribution in [2.45, 2.75) is 19.8 Å². The lowest BCUT2D eigenvalue weighted by molar-refractivity contribution is -0.135. The molecule has 1 aromatic rings. The molecule has 0 aromatic heterocycles. The predicted octanol–water partition coefficient (Wildman–Crippen LogP) is 1.26. The number of carbonyl (C=O) groups is 3. The van der Waals surface area contributed by atoms with E-state index in [2.05, 4.69) is 10.6 Å². The highest BCUT2D eigenvalue weighted by atomic mass is 16.5. The molecule has 0 aliphatic carbocycles. The number of hydrogen-bond acceptors (Lipinski definition) is 4. The maximum absolute atomic E-state index is 11.7. The minimum Gasteiger partial charge on any atom is -0.480 e. The molecule has 0 aliphatic heterocycles. The Labute approximate surface area is 128 Å². The number of hydrogen-bond donors (Lipinski definition) is 3. The number of carboxylic acid groups (broad SMARTS) is 1. The lowest BCUT2D eigenvalue weighted by Crippen LogP contribution is -2.29. The summed E-state index contributed by atoms with van der Waals surface area (Å²) >= 11 is 0. The molecule has 7 nitrogen and oxygen atoms in total. The van der Waals surface area contributed by atoms with E-state index in [4.69, 9.17) is 9.84 Å². The monoisotopic (exact) mass is 308 g/mol. The van der Waals surface area contributed by atoms with Gasteiger partial charge in [-0.05, 0) is 37.6 Å². The Bertz CT molecular complexity index is 513. The fourth-order valence-electron chi connectivity index (χ4n) is 1.67. The van der Waals surface area contributed by atoms with Crippen LogP contribution in [0.4, 0.5) is 5.69 Å². The van der Waals surface area contributed by atoms with Crippen LogP contribution in [0.2, 0.25) is 0 Å². The van der Waals surface area contributed by atoms with Crippen molar-refractivity contribution in [1.82, 2.24) is 5.32 Å². The zero-order valence-electron chi connectivity index (χ0n) is 12.4. The molecule has 0 unspecified atom stereocenters. The second kappa shape index (κ2) is 9.51. The van der Waals surface area contributed by atoms with Gasteiger partial charge in [-0.1, -0.05) is 0 Å². The molecule has 120 valence electrons. The van der Waals surface area contributed by atoms with Crippen molar-refractivity contribution in [3.63, 3.8) is 0 Å². The number of nitrogens with one attached hydrogen (secondary N) is 2. The average molecular weight is 308 g/mol. The number of ether oxygens (including phenoxy) is 1. The molecule has 2 amide bonds. The van der Waals surface area contributed by atoms with Crippen molar-refractivity contribution in [3.8, 4) is 0 Å². The molecule has 7 heteroatoms. The van der Waals surface area contributed by atoms with Crippen molar-refractivity contribution in [1.29, 1.82) is 0 Å². The Hall–Kier alpha value is -2.41. The molecule has 0 atom stereocenters. The SMILES string of the molecule is CCOCCCC(=O)Nc1ccc(C(=O)NCC(=O)O)cc1. The average Bonchev–Trinajstić information content (AvgIpc) is 2.50. The molecule has 0 bridgehead atoms. The summed E-state index contributed by atoms with van der Waals surface area (Å²) in [5.41, 5.74) is 0.909.